The van der Waals surface area contributed by atoms with E-state index in [9.17, 15) is 8.42 Å². The van der Waals surface area contributed by atoms with E-state index in [4.69, 9.17) is 0 Å². The van der Waals surface area contributed by atoms with Crippen molar-refractivity contribution in [2.45, 2.75) is 32.7 Å². The van der Waals surface area contributed by atoms with Gasteiger partial charge in [0, 0.05) is 28.9 Å². The van der Waals surface area contributed by atoms with Gasteiger partial charge in [0.15, 0.2) is 5.82 Å². The number of likely N-dealkylation sites (N-methyl/N-ethyl adjacent to an activating group) is 1. The van der Waals surface area contributed by atoms with E-state index in [0.29, 0.717) is 23.0 Å². The molecular weight excluding hydrogens is 410 g/mol. The maximum absolute atomic E-state index is 11.9. The zero-order valence-corrected chi connectivity index (χ0v) is 19.0. The van der Waals surface area contributed by atoms with Gasteiger partial charge < -0.3 is 10.2 Å². The number of piperidine rings is 1. The molecule has 2 aromatic carbocycles. The van der Waals surface area contributed by atoms with Crippen LogP contribution in [0.15, 0.2) is 42.5 Å². The Bertz CT molecular complexity index is 1200. The van der Waals surface area contributed by atoms with Gasteiger partial charge in [-0.1, -0.05) is 43.3 Å². The zero-order valence-electron chi connectivity index (χ0n) is 18.2. The molecule has 1 fully saturated rings. The molecule has 0 amide bonds. The van der Waals surface area contributed by atoms with E-state index in [2.05, 4.69) is 32.1 Å². The first-order valence-corrected chi connectivity index (χ1v) is 12.6. The fraction of sp³-hybridized carbons (Fsp3) is 0.391. The van der Waals surface area contributed by atoms with Crippen LogP contribution in [0.1, 0.15) is 25.3 Å². The van der Waals surface area contributed by atoms with Crippen LogP contribution in [0.4, 0.5) is 11.5 Å². The summed E-state index contributed by atoms with van der Waals surface area (Å²) in [6.45, 7) is 7.30. The van der Waals surface area contributed by atoms with Gasteiger partial charge in [0.25, 0.3) is 0 Å². The van der Waals surface area contributed by atoms with Crippen LogP contribution in [0, 0.1) is 6.92 Å². The molecule has 0 spiro atoms. The van der Waals surface area contributed by atoms with Crippen molar-refractivity contribution in [1.82, 2.24) is 15.1 Å². The Hall–Kier alpha value is -2.71. The SMILES string of the molecule is CCN1CCC[C@@H](Nc2nnc(-c3ccc(C)cc3NS(C)(=O)=O)c3ccccc23)C1. The molecule has 0 bridgehead atoms. The minimum absolute atomic E-state index is 0.332. The van der Waals surface area contributed by atoms with Crippen molar-refractivity contribution in [3.63, 3.8) is 0 Å². The summed E-state index contributed by atoms with van der Waals surface area (Å²) < 4.78 is 26.5. The normalized spacial score (nSPS) is 17.6. The van der Waals surface area contributed by atoms with E-state index >= 15 is 0 Å². The van der Waals surface area contributed by atoms with Crippen molar-refractivity contribution in [3.05, 3.63) is 48.0 Å². The number of benzene rings is 2. The van der Waals surface area contributed by atoms with Crippen molar-refractivity contribution >= 4 is 32.3 Å². The van der Waals surface area contributed by atoms with Gasteiger partial charge in [-0.15, -0.1) is 10.2 Å². The quantitative estimate of drug-likeness (QED) is 0.606. The van der Waals surface area contributed by atoms with Gasteiger partial charge in [-0.25, -0.2) is 8.42 Å². The van der Waals surface area contributed by atoms with Gasteiger partial charge in [-0.3, -0.25) is 4.72 Å². The first-order valence-electron chi connectivity index (χ1n) is 10.7. The van der Waals surface area contributed by atoms with Crippen LogP contribution >= 0.6 is 0 Å². The highest BCUT2D eigenvalue weighted by Crippen LogP contribution is 2.35. The van der Waals surface area contributed by atoms with Crippen molar-refractivity contribution < 1.29 is 8.42 Å². The van der Waals surface area contributed by atoms with E-state index in [-0.39, 0.29) is 0 Å². The molecule has 1 atom stereocenters. The summed E-state index contributed by atoms with van der Waals surface area (Å²) >= 11 is 0. The highest BCUT2D eigenvalue weighted by Gasteiger charge is 2.21. The summed E-state index contributed by atoms with van der Waals surface area (Å²) in [7, 11) is -3.43. The van der Waals surface area contributed by atoms with Crippen LogP contribution in [-0.2, 0) is 10.0 Å². The van der Waals surface area contributed by atoms with E-state index in [0.717, 1.165) is 54.5 Å². The Kier molecular flexibility index (Phi) is 6.11. The monoisotopic (exact) mass is 439 g/mol. The van der Waals surface area contributed by atoms with Crippen molar-refractivity contribution in [1.29, 1.82) is 0 Å². The number of hydrogen-bond donors (Lipinski definition) is 2. The van der Waals surface area contributed by atoms with Gasteiger partial charge in [0.05, 0.1) is 11.9 Å². The molecule has 1 aliphatic heterocycles. The molecule has 0 saturated carbocycles. The largest absolute Gasteiger partial charge is 0.364 e. The van der Waals surface area contributed by atoms with Crippen molar-refractivity contribution in [3.8, 4) is 11.3 Å². The summed E-state index contributed by atoms with van der Waals surface area (Å²) in [5, 5.41) is 14.6. The number of sulfonamides is 1. The molecule has 1 aliphatic rings. The highest BCUT2D eigenvalue weighted by molar-refractivity contribution is 7.92. The van der Waals surface area contributed by atoms with Crippen LogP contribution in [0.25, 0.3) is 22.0 Å². The number of nitrogens with one attached hydrogen (secondary N) is 2. The van der Waals surface area contributed by atoms with Crippen LogP contribution in [-0.4, -0.2) is 55.4 Å². The Morgan fingerprint density at radius 1 is 1.13 bits per heavy atom. The van der Waals surface area contributed by atoms with Crippen LogP contribution in [0.2, 0.25) is 0 Å². The van der Waals surface area contributed by atoms with Gasteiger partial charge in [-0.05, 0) is 44.5 Å². The number of likely N-dealkylation sites (tertiary alicyclic amines) is 1. The first-order chi connectivity index (χ1) is 14.8. The maximum atomic E-state index is 11.9. The molecule has 0 aliphatic carbocycles. The summed E-state index contributed by atoms with van der Waals surface area (Å²) in [5.74, 6) is 0.770. The predicted molar refractivity (Wildman–Crippen MR) is 127 cm³/mol. The van der Waals surface area contributed by atoms with Crippen LogP contribution < -0.4 is 10.0 Å². The van der Waals surface area contributed by atoms with Gasteiger partial charge in [-0.2, -0.15) is 0 Å². The zero-order chi connectivity index (χ0) is 22.0. The first kappa shape index (κ1) is 21.5. The molecule has 164 valence electrons. The minimum Gasteiger partial charge on any atom is -0.364 e. The molecular formula is C23H29N5O2S. The topological polar surface area (TPSA) is 87.2 Å². The lowest BCUT2D eigenvalue weighted by atomic mass is 10.0. The summed E-state index contributed by atoms with van der Waals surface area (Å²) in [6.07, 6.45) is 3.42. The number of anilines is 2. The molecule has 31 heavy (non-hydrogen) atoms. The Morgan fingerprint density at radius 3 is 2.65 bits per heavy atom. The highest BCUT2D eigenvalue weighted by atomic mass is 32.2. The van der Waals surface area contributed by atoms with Crippen LogP contribution in [0.3, 0.4) is 0 Å². The number of aromatic nitrogens is 2. The van der Waals surface area contributed by atoms with Gasteiger partial charge in [0.2, 0.25) is 10.0 Å². The Morgan fingerprint density at radius 2 is 1.90 bits per heavy atom. The number of hydrogen-bond acceptors (Lipinski definition) is 6. The van der Waals surface area contributed by atoms with E-state index in [1.165, 1.54) is 6.42 Å². The second-order valence-corrected chi connectivity index (χ2v) is 9.99. The molecule has 4 rings (SSSR count). The van der Waals surface area contributed by atoms with Gasteiger partial charge >= 0.3 is 0 Å². The number of nitrogens with zero attached hydrogens (tertiary/aromatic N) is 3. The van der Waals surface area contributed by atoms with Crippen molar-refractivity contribution in [2.24, 2.45) is 0 Å². The van der Waals surface area contributed by atoms with Crippen LogP contribution in [0.5, 0.6) is 0 Å². The standard InChI is InChI=1S/C23H29N5O2S/c1-4-28-13-7-8-17(15-28)24-23-19-10-6-5-9-18(19)22(25-26-23)20-12-11-16(2)14-21(20)27-31(3,29)30/h5-6,9-12,14,17,27H,4,7-8,13,15H2,1-3H3,(H,24,26)/t17-/m1/s1. The number of aryl methyl sites for hydroxylation is 1. The summed E-state index contributed by atoms with van der Waals surface area (Å²) in [4.78, 5) is 2.45. The molecule has 7 nitrogen and oxygen atoms in total. The smallest absolute Gasteiger partial charge is 0.229 e. The third kappa shape index (κ3) is 4.97. The fourth-order valence-corrected chi connectivity index (χ4v) is 4.78. The van der Waals surface area contributed by atoms with Gasteiger partial charge in [0.1, 0.15) is 5.69 Å². The number of rotatable bonds is 6. The summed E-state index contributed by atoms with van der Waals surface area (Å²) in [5.41, 5.74) is 2.84. The fourth-order valence-electron chi connectivity index (χ4n) is 4.21. The molecule has 3 aromatic rings. The summed E-state index contributed by atoms with van der Waals surface area (Å²) in [6, 6.07) is 14.0. The Labute approximate surface area is 183 Å². The molecule has 8 heteroatoms. The maximum Gasteiger partial charge on any atom is 0.229 e. The molecule has 2 N–H and O–H groups in total. The second kappa shape index (κ2) is 8.80. The van der Waals surface area contributed by atoms with E-state index in [1.54, 1.807) is 0 Å². The average molecular weight is 440 g/mol. The lowest BCUT2D eigenvalue weighted by Gasteiger charge is -2.32. The van der Waals surface area contributed by atoms with Crippen molar-refractivity contribution in [2.75, 3.05) is 35.9 Å². The van der Waals surface area contributed by atoms with E-state index in [1.807, 2.05) is 49.4 Å². The molecule has 1 saturated heterocycles. The van der Waals surface area contributed by atoms with E-state index < -0.39 is 10.0 Å². The third-order valence-electron chi connectivity index (χ3n) is 5.71. The molecule has 1 aromatic heterocycles. The lowest BCUT2D eigenvalue weighted by Crippen LogP contribution is -2.42. The average Bonchev–Trinajstić information content (AvgIpc) is 2.74. The Balaban J connectivity index is 1.76. The third-order valence-corrected chi connectivity index (χ3v) is 6.30. The second-order valence-electron chi connectivity index (χ2n) is 8.24. The number of fused-ring (bicyclic) bond motifs is 1. The molecule has 0 radical (unpaired) electrons. The molecule has 2 heterocycles. The minimum atomic E-state index is -3.43. The lowest BCUT2D eigenvalue weighted by molar-refractivity contribution is 0.226. The predicted octanol–water partition coefficient (Wildman–Crippen LogP) is 3.87. The molecule has 0 unspecified atom stereocenters.